The van der Waals surface area contributed by atoms with E-state index >= 15 is 0 Å². The van der Waals surface area contributed by atoms with Crippen molar-refractivity contribution in [2.24, 2.45) is 0 Å². The average Bonchev–Trinajstić information content (AvgIpc) is 2.86. The van der Waals surface area contributed by atoms with Gasteiger partial charge >= 0.3 is 0 Å². The molecule has 1 aliphatic rings. The lowest BCUT2D eigenvalue weighted by Gasteiger charge is -2.19. The molecule has 1 saturated carbocycles. The van der Waals surface area contributed by atoms with E-state index in [1.165, 1.54) is 6.42 Å². The molecule has 118 valence electrons. The highest BCUT2D eigenvalue weighted by atomic mass is 32.2. The fourth-order valence-electron chi connectivity index (χ4n) is 2.93. The Morgan fingerprint density at radius 1 is 1.29 bits per heavy atom. The van der Waals surface area contributed by atoms with E-state index in [4.69, 9.17) is 0 Å². The standard InChI is InChI=1S/C16H25NO2S2/c1-12-4-8-16(9-5-12)21(18,19)11-13(2)17-14-6-7-15(10-14)20-3/h4-5,8-9,13-15,17H,6-7,10-11H2,1-3H3/t13-,14+,15+/m0/s1. The van der Waals surface area contributed by atoms with Crippen molar-refractivity contribution in [3.8, 4) is 0 Å². The second-order valence-electron chi connectivity index (χ2n) is 6.03. The molecule has 0 spiro atoms. The van der Waals surface area contributed by atoms with Gasteiger partial charge in [0.05, 0.1) is 10.6 Å². The molecule has 3 nitrogen and oxygen atoms in total. The molecule has 2 rings (SSSR count). The number of sulfone groups is 1. The van der Waals surface area contributed by atoms with Gasteiger partial charge in [-0.1, -0.05) is 17.7 Å². The van der Waals surface area contributed by atoms with Crippen molar-refractivity contribution in [3.05, 3.63) is 29.8 Å². The van der Waals surface area contributed by atoms with E-state index < -0.39 is 9.84 Å². The highest BCUT2D eigenvalue weighted by molar-refractivity contribution is 7.99. The second-order valence-corrected chi connectivity index (χ2v) is 9.20. The van der Waals surface area contributed by atoms with Gasteiger partial charge in [0.15, 0.2) is 9.84 Å². The summed E-state index contributed by atoms with van der Waals surface area (Å²) >= 11 is 1.92. The summed E-state index contributed by atoms with van der Waals surface area (Å²) in [6.07, 6.45) is 5.69. The lowest BCUT2D eigenvalue weighted by Crippen LogP contribution is -2.39. The third-order valence-corrected chi connectivity index (χ3v) is 7.11. The number of benzene rings is 1. The number of hydrogen-bond donors (Lipinski definition) is 1. The fourth-order valence-corrected chi connectivity index (χ4v) is 5.22. The van der Waals surface area contributed by atoms with Crippen LogP contribution < -0.4 is 5.32 Å². The lowest BCUT2D eigenvalue weighted by molar-refractivity contribution is 0.469. The number of aryl methyl sites for hydroxylation is 1. The maximum absolute atomic E-state index is 12.4. The zero-order chi connectivity index (χ0) is 15.5. The van der Waals surface area contributed by atoms with Gasteiger partial charge in [-0.2, -0.15) is 11.8 Å². The molecule has 3 atom stereocenters. The zero-order valence-corrected chi connectivity index (χ0v) is 14.6. The van der Waals surface area contributed by atoms with Gasteiger partial charge in [0.1, 0.15) is 0 Å². The Hall–Kier alpha value is -0.520. The lowest BCUT2D eigenvalue weighted by atomic mass is 10.2. The van der Waals surface area contributed by atoms with Crippen LogP contribution in [-0.4, -0.2) is 37.8 Å². The van der Waals surface area contributed by atoms with E-state index in [0.717, 1.165) is 23.7 Å². The largest absolute Gasteiger partial charge is 0.310 e. The SMILES string of the molecule is CS[C@@H]1CC[C@@H](N[C@@H](C)CS(=O)(=O)c2ccc(C)cc2)C1. The molecule has 1 N–H and O–H groups in total. The minimum Gasteiger partial charge on any atom is -0.310 e. The second kappa shape index (κ2) is 7.16. The van der Waals surface area contributed by atoms with Crippen LogP contribution in [0.3, 0.4) is 0 Å². The minimum absolute atomic E-state index is 0.0121. The van der Waals surface area contributed by atoms with E-state index in [0.29, 0.717) is 10.9 Å². The first-order chi connectivity index (χ1) is 9.90. The molecule has 0 aliphatic heterocycles. The quantitative estimate of drug-likeness (QED) is 0.872. The van der Waals surface area contributed by atoms with Crippen LogP contribution in [0.5, 0.6) is 0 Å². The Kier molecular flexibility index (Phi) is 5.74. The summed E-state index contributed by atoms with van der Waals surface area (Å²) in [6.45, 7) is 3.93. The number of rotatable bonds is 6. The predicted molar refractivity (Wildman–Crippen MR) is 90.8 cm³/mol. The molecule has 1 aliphatic carbocycles. The van der Waals surface area contributed by atoms with Crippen LogP contribution in [-0.2, 0) is 9.84 Å². The summed E-state index contributed by atoms with van der Waals surface area (Å²) in [6, 6.07) is 7.57. The van der Waals surface area contributed by atoms with Crippen LogP contribution in [0.15, 0.2) is 29.2 Å². The molecule has 0 amide bonds. The van der Waals surface area contributed by atoms with Crippen molar-refractivity contribution >= 4 is 21.6 Å². The van der Waals surface area contributed by atoms with Crippen LogP contribution in [0.2, 0.25) is 0 Å². The van der Waals surface area contributed by atoms with E-state index in [1.807, 2.05) is 37.7 Å². The summed E-state index contributed by atoms with van der Waals surface area (Å²) in [5.41, 5.74) is 1.08. The van der Waals surface area contributed by atoms with Crippen molar-refractivity contribution in [2.75, 3.05) is 12.0 Å². The van der Waals surface area contributed by atoms with Crippen molar-refractivity contribution in [1.82, 2.24) is 5.32 Å². The summed E-state index contributed by atoms with van der Waals surface area (Å²) < 4.78 is 24.8. The first-order valence-electron chi connectivity index (χ1n) is 7.49. The Morgan fingerprint density at radius 3 is 2.52 bits per heavy atom. The summed E-state index contributed by atoms with van der Waals surface area (Å²) in [5.74, 6) is 0.163. The van der Waals surface area contributed by atoms with Gasteiger partial charge < -0.3 is 5.32 Å². The maximum Gasteiger partial charge on any atom is 0.179 e. The normalized spacial score (nSPS) is 24.1. The molecule has 0 saturated heterocycles. The average molecular weight is 328 g/mol. The summed E-state index contributed by atoms with van der Waals surface area (Å²) in [7, 11) is -3.20. The monoisotopic (exact) mass is 327 g/mol. The van der Waals surface area contributed by atoms with Crippen molar-refractivity contribution in [2.45, 2.75) is 55.3 Å². The van der Waals surface area contributed by atoms with Crippen LogP contribution in [0, 0.1) is 6.92 Å². The van der Waals surface area contributed by atoms with E-state index in [-0.39, 0.29) is 11.8 Å². The summed E-state index contributed by atoms with van der Waals surface area (Å²) in [5, 5.41) is 4.21. The van der Waals surface area contributed by atoms with Gasteiger partial charge in [-0.25, -0.2) is 8.42 Å². The van der Waals surface area contributed by atoms with Gasteiger partial charge in [-0.15, -0.1) is 0 Å². The van der Waals surface area contributed by atoms with E-state index in [1.54, 1.807) is 12.1 Å². The molecule has 21 heavy (non-hydrogen) atoms. The fraction of sp³-hybridized carbons (Fsp3) is 0.625. The van der Waals surface area contributed by atoms with Gasteiger partial charge in [-0.05, 0) is 51.5 Å². The molecular weight excluding hydrogens is 302 g/mol. The van der Waals surface area contributed by atoms with Crippen LogP contribution >= 0.6 is 11.8 Å². The zero-order valence-electron chi connectivity index (χ0n) is 13.0. The highest BCUT2D eigenvalue weighted by Gasteiger charge is 2.26. The van der Waals surface area contributed by atoms with Gasteiger partial charge in [-0.3, -0.25) is 0 Å². The Balaban J connectivity index is 1.92. The Labute approximate surface area is 132 Å². The molecule has 0 bridgehead atoms. The van der Waals surface area contributed by atoms with Crippen LogP contribution in [0.1, 0.15) is 31.7 Å². The minimum atomic E-state index is -3.20. The topological polar surface area (TPSA) is 46.2 Å². The van der Waals surface area contributed by atoms with Crippen molar-refractivity contribution in [3.63, 3.8) is 0 Å². The van der Waals surface area contributed by atoms with Gasteiger partial charge in [0.2, 0.25) is 0 Å². The maximum atomic E-state index is 12.4. The van der Waals surface area contributed by atoms with Crippen LogP contribution in [0.4, 0.5) is 0 Å². The molecule has 1 fully saturated rings. The molecule has 0 unspecified atom stereocenters. The van der Waals surface area contributed by atoms with Crippen molar-refractivity contribution in [1.29, 1.82) is 0 Å². The van der Waals surface area contributed by atoms with Crippen molar-refractivity contribution < 1.29 is 8.42 Å². The van der Waals surface area contributed by atoms with Gasteiger partial charge in [0, 0.05) is 17.3 Å². The number of nitrogens with one attached hydrogen (secondary N) is 1. The molecular formula is C16H25NO2S2. The third kappa shape index (κ3) is 4.73. The van der Waals surface area contributed by atoms with E-state index in [9.17, 15) is 8.42 Å². The number of thioether (sulfide) groups is 1. The molecule has 0 heterocycles. The molecule has 1 aromatic rings. The van der Waals surface area contributed by atoms with Gasteiger partial charge in [0.25, 0.3) is 0 Å². The number of hydrogen-bond acceptors (Lipinski definition) is 4. The summed E-state index contributed by atoms with van der Waals surface area (Å²) in [4.78, 5) is 0.426. The predicted octanol–water partition coefficient (Wildman–Crippen LogP) is 3.03. The first kappa shape index (κ1) is 16.8. The molecule has 1 aromatic carbocycles. The highest BCUT2D eigenvalue weighted by Crippen LogP contribution is 2.28. The molecule has 0 radical (unpaired) electrons. The van der Waals surface area contributed by atoms with Crippen LogP contribution in [0.25, 0.3) is 0 Å². The third-order valence-electron chi connectivity index (χ3n) is 4.09. The smallest absolute Gasteiger partial charge is 0.179 e. The first-order valence-corrected chi connectivity index (χ1v) is 10.4. The Bertz CT molecular complexity index is 554. The molecule has 5 heteroatoms. The molecule has 0 aromatic heterocycles. The van der Waals surface area contributed by atoms with E-state index in [2.05, 4.69) is 11.6 Å². The Morgan fingerprint density at radius 2 is 1.95 bits per heavy atom.